The van der Waals surface area contributed by atoms with Crippen molar-refractivity contribution in [2.75, 3.05) is 31.3 Å². The summed E-state index contributed by atoms with van der Waals surface area (Å²) in [5.74, 6) is -0.466. The highest BCUT2D eigenvalue weighted by atomic mass is 35.5. The molecule has 1 amide bonds. The van der Waals surface area contributed by atoms with Gasteiger partial charge in [-0.2, -0.15) is 4.31 Å². The molecule has 1 aromatic carbocycles. The molecule has 6 nitrogen and oxygen atoms in total. The number of benzene rings is 1. The van der Waals surface area contributed by atoms with Gasteiger partial charge in [-0.25, -0.2) is 8.42 Å². The van der Waals surface area contributed by atoms with Crippen LogP contribution in [-0.4, -0.2) is 50.7 Å². The van der Waals surface area contributed by atoms with Crippen molar-refractivity contribution in [1.82, 2.24) is 4.31 Å². The van der Waals surface area contributed by atoms with Gasteiger partial charge in [0, 0.05) is 28.9 Å². The fourth-order valence-corrected chi connectivity index (χ4v) is 3.63. The summed E-state index contributed by atoms with van der Waals surface area (Å²) in [6.45, 7) is 0.501. The molecule has 1 aliphatic rings. The summed E-state index contributed by atoms with van der Waals surface area (Å²) in [6.07, 6.45) is 2.59. The molecule has 1 fully saturated rings. The monoisotopic (exact) mass is 380 g/mol. The number of halogens is 2. The summed E-state index contributed by atoms with van der Waals surface area (Å²) >= 11 is 11.7. The molecule has 0 spiro atoms. The van der Waals surface area contributed by atoms with Crippen molar-refractivity contribution >= 4 is 44.8 Å². The zero-order valence-electron chi connectivity index (χ0n) is 12.6. The average molecular weight is 381 g/mol. The number of rotatable bonds is 6. The Morgan fingerprint density at radius 3 is 2.52 bits per heavy atom. The molecule has 1 aliphatic heterocycles. The van der Waals surface area contributed by atoms with Crippen LogP contribution in [0.2, 0.25) is 10.0 Å². The molecule has 0 aliphatic carbocycles. The molecule has 0 radical (unpaired) electrons. The van der Waals surface area contributed by atoms with Crippen LogP contribution in [0.3, 0.4) is 0 Å². The van der Waals surface area contributed by atoms with Gasteiger partial charge in [-0.3, -0.25) is 4.79 Å². The summed E-state index contributed by atoms with van der Waals surface area (Å²) in [4.78, 5) is 12.1. The fourth-order valence-electron chi connectivity index (χ4n) is 2.32. The minimum absolute atomic E-state index is 0.168. The van der Waals surface area contributed by atoms with Crippen molar-refractivity contribution in [3.05, 3.63) is 28.2 Å². The molecule has 1 aromatic rings. The normalized spacial score (nSPS) is 18.3. The number of amides is 1. The summed E-state index contributed by atoms with van der Waals surface area (Å²) in [5.41, 5.74) is 0.415. The van der Waals surface area contributed by atoms with Gasteiger partial charge >= 0.3 is 0 Å². The first-order valence-electron chi connectivity index (χ1n) is 7.07. The van der Waals surface area contributed by atoms with E-state index in [1.807, 2.05) is 0 Å². The van der Waals surface area contributed by atoms with E-state index in [9.17, 15) is 13.2 Å². The van der Waals surface area contributed by atoms with Crippen LogP contribution in [0.15, 0.2) is 18.2 Å². The lowest BCUT2D eigenvalue weighted by molar-refractivity contribution is -0.116. The second-order valence-corrected chi connectivity index (χ2v) is 8.25. The third-order valence-electron chi connectivity index (χ3n) is 3.37. The van der Waals surface area contributed by atoms with Crippen molar-refractivity contribution in [3.63, 3.8) is 0 Å². The number of carbonyl (C=O) groups excluding carboxylic acids is 1. The minimum Gasteiger partial charge on any atom is -0.377 e. The summed E-state index contributed by atoms with van der Waals surface area (Å²) < 4.78 is 30.3. The SMILES string of the molecule is CS(=O)(=O)N(CC(=O)Nc1cc(Cl)cc(Cl)c1)CC1CCCO1. The second-order valence-electron chi connectivity index (χ2n) is 5.40. The van der Waals surface area contributed by atoms with Gasteiger partial charge in [0.2, 0.25) is 15.9 Å². The molecule has 0 aromatic heterocycles. The Morgan fingerprint density at radius 2 is 2.00 bits per heavy atom. The van der Waals surface area contributed by atoms with E-state index in [1.165, 1.54) is 12.1 Å². The first-order chi connectivity index (χ1) is 10.7. The largest absolute Gasteiger partial charge is 0.377 e. The number of carbonyl (C=O) groups is 1. The van der Waals surface area contributed by atoms with Crippen LogP contribution in [0.1, 0.15) is 12.8 Å². The first kappa shape index (κ1) is 18.5. The Balaban J connectivity index is 2.01. The molecule has 1 unspecified atom stereocenters. The highest BCUT2D eigenvalue weighted by Gasteiger charge is 2.26. The van der Waals surface area contributed by atoms with E-state index >= 15 is 0 Å². The molecule has 2 rings (SSSR count). The molecule has 1 N–H and O–H groups in total. The Hall–Kier alpha value is -0.860. The Bertz CT molecular complexity index is 655. The molecule has 9 heteroatoms. The molecule has 0 bridgehead atoms. The quantitative estimate of drug-likeness (QED) is 0.821. The van der Waals surface area contributed by atoms with E-state index in [0.717, 1.165) is 23.4 Å². The third-order valence-corrected chi connectivity index (χ3v) is 5.02. The van der Waals surface area contributed by atoms with Gasteiger partial charge in [-0.1, -0.05) is 23.2 Å². The van der Waals surface area contributed by atoms with E-state index in [-0.39, 0.29) is 19.2 Å². The van der Waals surface area contributed by atoms with Gasteiger partial charge in [0.25, 0.3) is 0 Å². The predicted molar refractivity (Wildman–Crippen MR) is 90.5 cm³/mol. The number of nitrogens with one attached hydrogen (secondary N) is 1. The van der Waals surface area contributed by atoms with Crippen LogP contribution in [0.5, 0.6) is 0 Å². The Morgan fingerprint density at radius 1 is 1.35 bits per heavy atom. The van der Waals surface area contributed by atoms with Crippen molar-refractivity contribution in [2.24, 2.45) is 0 Å². The summed E-state index contributed by atoms with van der Waals surface area (Å²) in [7, 11) is -3.52. The molecule has 1 atom stereocenters. The van der Waals surface area contributed by atoms with E-state index in [0.29, 0.717) is 22.3 Å². The number of sulfonamides is 1. The van der Waals surface area contributed by atoms with Crippen molar-refractivity contribution in [2.45, 2.75) is 18.9 Å². The lowest BCUT2D eigenvalue weighted by Crippen LogP contribution is -2.41. The van der Waals surface area contributed by atoms with E-state index in [2.05, 4.69) is 5.32 Å². The van der Waals surface area contributed by atoms with Gasteiger partial charge in [-0.15, -0.1) is 0 Å². The van der Waals surface area contributed by atoms with Gasteiger partial charge in [-0.05, 0) is 31.0 Å². The van der Waals surface area contributed by atoms with Crippen LogP contribution in [0.4, 0.5) is 5.69 Å². The molecule has 23 heavy (non-hydrogen) atoms. The van der Waals surface area contributed by atoms with Gasteiger partial charge in [0.1, 0.15) is 0 Å². The van der Waals surface area contributed by atoms with E-state index in [1.54, 1.807) is 6.07 Å². The van der Waals surface area contributed by atoms with Crippen molar-refractivity contribution < 1.29 is 17.9 Å². The van der Waals surface area contributed by atoms with Crippen molar-refractivity contribution in [1.29, 1.82) is 0 Å². The highest BCUT2D eigenvalue weighted by molar-refractivity contribution is 7.88. The maximum atomic E-state index is 12.1. The van der Waals surface area contributed by atoms with Gasteiger partial charge in [0.15, 0.2) is 0 Å². The van der Waals surface area contributed by atoms with E-state index < -0.39 is 15.9 Å². The maximum Gasteiger partial charge on any atom is 0.239 e. The highest BCUT2D eigenvalue weighted by Crippen LogP contribution is 2.22. The number of anilines is 1. The molecule has 128 valence electrons. The standard InChI is InChI=1S/C14H18Cl2N2O4S/c1-23(20,21)18(8-13-3-2-4-22-13)9-14(19)17-12-6-10(15)5-11(16)7-12/h5-7,13H,2-4,8-9H2,1H3,(H,17,19). The average Bonchev–Trinajstić information content (AvgIpc) is 2.88. The summed E-state index contributed by atoms with van der Waals surface area (Å²) in [6, 6.07) is 4.62. The zero-order valence-corrected chi connectivity index (χ0v) is 14.9. The predicted octanol–water partition coefficient (Wildman–Crippen LogP) is 2.37. The van der Waals surface area contributed by atoms with Crippen LogP contribution in [0.25, 0.3) is 0 Å². The fraction of sp³-hybridized carbons (Fsp3) is 0.500. The molecular weight excluding hydrogens is 363 g/mol. The third kappa shape index (κ3) is 5.93. The number of nitrogens with zero attached hydrogens (tertiary/aromatic N) is 1. The van der Waals surface area contributed by atoms with E-state index in [4.69, 9.17) is 27.9 Å². The lowest BCUT2D eigenvalue weighted by atomic mass is 10.2. The van der Waals surface area contributed by atoms with Crippen molar-refractivity contribution in [3.8, 4) is 0 Å². The molecular formula is C14H18Cl2N2O4S. The van der Waals surface area contributed by atoms with Crippen LogP contribution >= 0.6 is 23.2 Å². The Labute approximate surface area is 145 Å². The minimum atomic E-state index is -3.52. The second kappa shape index (κ2) is 7.81. The molecule has 1 heterocycles. The Kier molecular flexibility index (Phi) is 6.27. The first-order valence-corrected chi connectivity index (χ1v) is 9.67. The topological polar surface area (TPSA) is 75.7 Å². The number of hydrogen-bond acceptors (Lipinski definition) is 4. The maximum absolute atomic E-state index is 12.1. The zero-order chi connectivity index (χ0) is 17.0. The number of hydrogen-bond donors (Lipinski definition) is 1. The summed E-state index contributed by atoms with van der Waals surface area (Å²) in [5, 5.41) is 3.36. The lowest BCUT2D eigenvalue weighted by Gasteiger charge is -2.22. The van der Waals surface area contributed by atoms with Crippen LogP contribution < -0.4 is 5.32 Å². The molecule has 1 saturated heterocycles. The number of ether oxygens (including phenoxy) is 1. The molecule has 0 saturated carbocycles. The van der Waals surface area contributed by atoms with Crippen LogP contribution in [-0.2, 0) is 19.6 Å². The van der Waals surface area contributed by atoms with Gasteiger partial charge < -0.3 is 10.1 Å². The van der Waals surface area contributed by atoms with Gasteiger partial charge in [0.05, 0.1) is 18.9 Å². The smallest absolute Gasteiger partial charge is 0.239 e. The van der Waals surface area contributed by atoms with Crippen LogP contribution in [0, 0.1) is 0 Å².